The highest BCUT2D eigenvalue weighted by Crippen LogP contribution is 2.23. The molecule has 0 aliphatic heterocycles. The number of aromatic hydroxyl groups is 1. The van der Waals surface area contributed by atoms with Crippen LogP contribution < -0.4 is 0 Å². The van der Waals surface area contributed by atoms with Crippen molar-refractivity contribution in [2.45, 2.75) is 6.92 Å². The molecule has 0 amide bonds. The van der Waals surface area contributed by atoms with Gasteiger partial charge in [0, 0.05) is 0 Å². The van der Waals surface area contributed by atoms with E-state index in [4.69, 9.17) is 0 Å². The third-order valence-electron chi connectivity index (χ3n) is 2.68. The number of rotatable bonds is 3. The van der Waals surface area contributed by atoms with Crippen LogP contribution in [-0.4, -0.2) is 10.9 Å². The van der Waals surface area contributed by atoms with Crippen LogP contribution in [0.25, 0.3) is 12.2 Å². The molecule has 0 bridgehead atoms. The molecule has 0 aromatic heterocycles. The first-order valence-electron chi connectivity index (χ1n) is 5.74. The van der Waals surface area contributed by atoms with Crippen LogP contribution in [0, 0.1) is 0 Å². The summed E-state index contributed by atoms with van der Waals surface area (Å²) in [6.07, 6.45) is 3.76. The van der Waals surface area contributed by atoms with Crippen LogP contribution in [0.4, 0.5) is 0 Å². The van der Waals surface area contributed by atoms with Crippen molar-refractivity contribution in [2.24, 2.45) is 0 Å². The predicted octanol–water partition coefficient (Wildman–Crippen LogP) is 3.77. The molecule has 0 heterocycles. The molecule has 90 valence electrons. The van der Waals surface area contributed by atoms with Crippen LogP contribution in [0.2, 0.25) is 0 Å². The summed E-state index contributed by atoms with van der Waals surface area (Å²) < 4.78 is 0. The third-order valence-corrected chi connectivity index (χ3v) is 2.68. The molecule has 18 heavy (non-hydrogen) atoms. The first-order valence-corrected chi connectivity index (χ1v) is 5.74. The van der Waals surface area contributed by atoms with Crippen molar-refractivity contribution in [3.05, 3.63) is 65.2 Å². The lowest BCUT2D eigenvalue weighted by molar-refractivity contribution is 0.101. The van der Waals surface area contributed by atoms with Gasteiger partial charge >= 0.3 is 0 Å². The molecule has 2 rings (SSSR count). The SMILES string of the molecule is CC(=O)c1c(O)cccc1/C=C/c1ccccc1. The van der Waals surface area contributed by atoms with E-state index in [1.54, 1.807) is 6.07 Å². The average molecular weight is 238 g/mol. The monoisotopic (exact) mass is 238 g/mol. The number of hydrogen-bond acceptors (Lipinski definition) is 2. The fraction of sp³-hybridized carbons (Fsp3) is 0.0625. The van der Waals surface area contributed by atoms with E-state index in [1.807, 2.05) is 48.6 Å². The van der Waals surface area contributed by atoms with E-state index < -0.39 is 0 Å². The Morgan fingerprint density at radius 1 is 1.00 bits per heavy atom. The molecule has 0 aliphatic rings. The van der Waals surface area contributed by atoms with E-state index in [2.05, 4.69) is 0 Å². The summed E-state index contributed by atoms with van der Waals surface area (Å²) >= 11 is 0. The molecule has 2 aromatic carbocycles. The summed E-state index contributed by atoms with van der Waals surface area (Å²) in [7, 11) is 0. The lowest BCUT2D eigenvalue weighted by Gasteiger charge is -2.04. The number of phenolic OH excluding ortho intramolecular Hbond substituents is 1. The van der Waals surface area contributed by atoms with Crippen molar-refractivity contribution >= 4 is 17.9 Å². The van der Waals surface area contributed by atoms with Crippen molar-refractivity contribution < 1.29 is 9.90 Å². The molecular weight excluding hydrogens is 224 g/mol. The Kier molecular flexibility index (Phi) is 3.58. The van der Waals surface area contributed by atoms with Gasteiger partial charge in [-0.2, -0.15) is 0 Å². The molecule has 2 nitrogen and oxygen atoms in total. The molecule has 0 atom stereocenters. The summed E-state index contributed by atoms with van der Waals surface area (Å²) in [5.74, 6) is -0.112. The van der Waals surface area contributed by atoms with Gasteiger partial charge in [-0.15, -0.1) is 0 Å². The fourth-order valence-electron chi connectivity index (χ4n) is 1.83. The second-order valence-electron chi connectivity index (χ2n) is 4.04. The number of hydrogen-bond donors (Lipinski definition) is 1. The second-order valence-corrected chi connectivity index (χ2v) is 4.04. The molecule has 0 fully saturated rings. The zero-order valence-electron chi connectivity index (χ0n) is 10.1. The molecule has 0 saturated heterocycles. The zero-order chi connectivity index (χ0) is 13.0. The Bertz CT molecular complexity index is 583. The molecule has 0 spiro atoms. The average Bonchev–Trinajstić information content (AvgIpc) is 2.37. The van der Waals surface area contributed by atoms with Gasteiger partial charge in [-0.05, 0) is 24.1 Å². The quantitative estimate of drug-likeness (QED) is 0.653. The van der Waals surface area contributed by atoms with Gasteiger partial charge < -0.3 is 5.11 Å². The number of ketones is 1. The Labute approximate surface area is 106 Å². The lowest BCUT2D eigenvalue weighted by Crippen LogP contribution is -1.96. The number of carbonyl (C=O) groups is 1. The molecule has 2 aromatic rings. The Morgan fingerprint density at radius 3 is 2.39 bits per heavy atom. The highest BCUT2D eigenvalue weighted by atomic mass is 16.3. The summed E-state index contributed by atoms with van der Waals surface area (Å²) in [5.41, 5.74) is 2.14. The largest absolute Gasteiger partial charge is 0.507 e. The smallest absolute Gasteiger partial charge is 0.164 e. The lowest BCUT2D eigenvalue weighted by atomic mass is 10.0. The van der Waals surface area contributed by atoms with Crippen LogP contribution in [0.1, 0.15) is 28.4 Å². The van der Waals surface area contributed by atoms with Gasteiger partial charge in [0.15, 0.2) is 5.78 Å². The van der Waals surface area contributed by atoms with Gasteiger partial charge in [0.25, 0.3) is 0 Å². The molecule has 0 unspecified atom stereocenters. The normalized spacial score (nSPS) is 10.7. The van der Waals surface area contributed by atoms with E-state index in [-0.39, 0.29) is 11.5 Å². The van der Waals surface area contributed by atoms with E-state index in [1.165, 1.54) is 13.0 Å². The topological polar surface area (TPSA) is 37.3 Å². The zero-order valence-corrected chi connectivity index (χ0v) is 10.1. The Hall–Kier alpha value is -2.35. The van der Waals surface area contributed by atoms with Crippen molar-refractivity contribution in [1.82, 2.24) is 0 Å². The van der Waals surface area contributed by atoms with Crippen molar-refractivity contribution in [3.8, 4) is 5.75 Å². The van der Waals surface area contributed by atoms with Crippen LogP contribution >= 0.6 is 0 Å². The molecule has 2 heteroatoms. The molecule has 1 N–H and O–H groups in total. The number of phenols is 1. The minimum absolute atomic E-state index is 0.0257. The summed E-state index contributed by atoms with van der Waals surface area (Å²) in [4.78, 5) is 11.5. The van der Waals surface area contributed by atoms with Gasteiger partial charge in [-0.25, -0.2) is 0 Å². The Morgan fingerprint density at radius 2 is 1.72 bits per heavy atom. The molecule has 0 aliphatic carbocycles. The van der Waals surface area contributed by atoms with E-state index >= 15 is 0 Å². The molecular formula is C16H14O2. The van der Waals surface area contributed by atoms with E-state index in [0.717, 1.165) is 11.1 Å². The maximum Gasteiger partial charge on any atom is 0.164 e. The first kappa shape index (κ1) is 12.1. The predicted molar refractivity (Wildman–Crippen MR) is 73.5 cm³/mol. The van der Waals surface area contributed by atoms with Gasteiger partial charge in [0.1, 0.15) is 5.75 Å². The van der Waals surface area contributed by atoms with Crippen LogP contribution in [0.5, 0.6) is 5.75 Å². The molecule has 0 radical (unpaired) electrons. The van der Waals surface area contributed by atoms with E-state index in [0.29, 0.717) is 5.56 Å². The van der Waals surface area contributed by atoms with Gasteiger partial charge in [0.05, 0.1) is 5.56 Å². The second kappa shape index (κ2) is 5.32. The van der Waals surface area contributed by atoms with Crippen molar-refractivity contribution in [1.29, 1.82) is 0 Å². The molecule has 0 saturated carbocycles. The minimum atomic E-state index is -0.138. The standard InChI is InChI=1S/C16H14O2/c1-12(17)16-14(8-5-9-15(16)18)11-10-13-6-3-2-4-7-13/h2-11,18H,1H3/b11-10+. The van der Waals surface area contributed by atoms with Gasteiger partial charge in [-0.3, -0.25) is 4.79 Å². The van der Waals surface area contributed by atoms with E-state index in [9.17, 15) is 9.90 Å². The van der Waals surface area contributed by atoms with Crippen molar-refractivity contribution in [3.63, 3.8) is 0 Å². The number of carbonyl (C=O) groups excluding carboxylic acids is 1. The minimum Gasteiger partial charge on any atom is -0.507 e. The maximum atomic E-state index is 11.5. The Balaban J connectivity index is 2.38. The van der Waals surface area contributed by atoms with Crippen LogP contribution in [0.15, 0.2) is 48.5 Å². The third kappa shape index (κ3) is 2.66. The summed E-state index contributed by atoms with van der Waals surface area (Å²) in [6, 6.07) is 14.9. The number of benzene rings is 2. The van der Waals surface area contributed by atoms with Crippen molar-refractivity contribution in [2.75, 3.05) is 0 Å². The summed E-state index contributed by atoms with van der Waals surface area (Å²) in [5, 5.41) is 9.70. The summed E-state index contributed by atoms with van der Waals surface area (Å²) in [6.45, 7) is 1.45. The van der Waals surface area contributed by atoms with Crippen LogP contribution in [0.3, 0.4) is 0 Å². The number of Topliss-reactive ketones (excluding diaryl/α,β-unsaturated/α-hetero) is 1. The van der Waals surface area contributed by atoms with Gasteiger partial charge in [-0.1, -0.05) is 54.6 Å². The maximum absolute atomic E-state index is 11.5. The highest BCUT2D eigenvalue weighted by Gasteiger charge is 2.09. The first-order chi connectivity index (χ1) is 8.68. The highest BCUT2D eigenvalue weighted by molar-refractivity contribution is 6.01. The fourth-order valence-corrected chi connectivity index (χ4v) is 1.83. The van der Waals surface area contributed by atoms with Crippen LogP contribution in [-0.2, 0) is 0 Å². The van der Waals surface area contributed by atoms with Gasteiger partial charge in [0.2, 0.25) is 0 Å².